The van der Waals surface area contributed by atoms with E-state index < -0.39 is 34.1 Å². The highest BCUT2D eigenvalue weighted by molar-refractivity contribution is 6.32. The minimum atomic E-state index is -2.66. The Morgan fingerprint density at radius 3 is 2.00 bits per heavy atom. The number of fused-ring (bicyclic) bond motifs is 2. The van der Waals surface area contributed by atoms with Crippen LogP contribution in [0.1, 0.15) is 26.3 Å². The van der Waals surface area contributed by atoms with Crippen LogP contribution >= 0.6 is 0 Å². The van der Waals surface area contributed by atoms with E-state index in [0.29, 0.717) is 0 Å². The van der Waals surface area contributed by atoms with Crippen LogP contribution in [-0.4, -0.2) is 21.8 Å². The van der Waals surface area contributed by atoms with Crippen LogP contribution in [0.15, 0.2) is 57.7 Å². The lowest BCUT2D eigenvalue weighted by atomic mass is 9.86. The highest BCUT2D eigenvalue weighted by Crippen LogP contribution is 2.43. The van der Waals surface area contributed by atoms with Crippen molar-refractivity contribution in [1.29, 1.82) is 0 Å². The van der Waals surface area contributed by atoms with Crippen LogP contribution in [0.5, 0.6) is 5.75 Å². The van der Waals surface area contributed by atoms with E-state index in [-0.39, 0.29) is 22.1 Å². The Kier molecular flexibility index (Phi) is 2.76. The minimum Gasteiger partial charge on any atom is -0.502 e. The monoisotopic (exact) mass is 322 g/mol. The van der Waals surface area contributed by atoms with Crippen molar-refractivity contribution in [2.24, 2.45) is 0 Å². The van der Waals surface area contributed by atoms with Gasteiger partial charge in [0.1, 0.15) is 5.58 Å². The molecule has 6 nitrogen and oxygen atoms in total. The molecule has 1 aliphatic carbocycles. The summed E-state index contributed by atoms with van der Waals surface area (Å²) in [4.78, 5) is 37.3. The maximum absolute atomic E-state index is 12.7. The molecule has 0 saturated carbocycles. The summed E-state index contributed by atoms with van der Waals surface area (Å²) < 4.78 is 4.95. The Bertz CT molecular complexity index is 1060. The van der Waals surface area contributed by atoms with Gasteiger partial charge in [0.15, 0.2) is 0 Å². The maximum Gasteiger partial charge on any atom is 0.379 e. The van der Waals surface area contributed by atoms with Gasteiger partial charge in [-0.05, 0) is 6.07 Å². The summed E-state index contributed by atoms with van der Waals surface area (Å²) in [6.45, 7) is 0. The van der Waals surface area contributed by atoms with E-state index in [4.69, 9.17) is 4.42 Å². The molecule has 0 saturated heterocycles. The highest BCUT2D eigenvalue weighted by Gasteiger charge is 2.55. The van der Waals surface area contributed by atoms with Gasteiger partial charge in [-0.3, -0.25) is 9.59 Å². The summed E-state index contributed by atoms with van der Waals surface area (Å²) in [5, 5.41) is 21.3. The molecule has 1 aliphatic rings. The largest absolute Gasteiger partial charge is 0.502 e. The van der Waals surface area contributed by atoms with E-state index in [1.165, 1.54) is 24.3 Å². The van der Waals surface area contributed by atoms with Crippen LogP contribution in [-0.2, 0) is 5.60 Å². The second-order valence-electron chi connectivity index (χ2n) is 5.52. The Morgan fingerprint density at radius 2 is 1.38 bits per heavy atom. The SMILES string of the molecule is O=C1c2ccccc2C(=O)C1(O)c1c(O)c(=O)oc2ccccc12. The number of carbonyl (C=O) groups is 2. The van der Waals surface area contributed by atoms with Crippen LogP contribution in [0.4, 0.5) is 0 Å². The van der Waals surface area contributed by atoms with Gasteiger partial charge in [0.25, 0.3) is 0 Å². The van der Waals surface area contributed by atoms with E-state index in [1.807, 2.05) is 0 Å². The average molecular weight is 322 g/mol. The second kappa shape index (κ2) is 4.62. The number of hydrogen-bond donors (Lipinski definition) is 2. The molecule has 24 heavy (non-hydrogen) atoms. The molecule has 4 rings (SSSR count). The molecule has 0 spiro atoms. The summed E-state index contributed by atoms with van der Waals surface area (Å²) in [6.07, 6.45) is 0. The van der Waals surface area contributed by atoms with Gasteiger partial charge < -0.3 is 14.6 Å². The van der Waals surface area contributed by atoms with Crippen molar-refractivity contribution in [2.45, 2.75) is 5.60 Å². The number of aromatic hydroxyl groups is 1. The van der Waals surface area contributed by atoms with E-state index in [0.717, 1.165) is 0 Å². The first-order chi connectivity index (χ1) is 11.5. The zero-order valence-corrected chi connectivity index (χ0v) is 12.1. The Balaban J connectivity index is 2.13. The fraction of sp³-hybridized carbons (Fsp3) is 0.0556. The van der Waals surface area contributed by atoms with Gasteiger partial charge in [0, 0.05) is 16.5 Å². The number of para-hydroxylation sites is 1. The molecule has 1 heterocycles. The normalized spacial score (nSPS) is 15.7. The molecule has 2 N–H and O–H groups in total. The Hall–Kier alpha value is -3.25. The summed E-state index contributed by atoms with van der Waals surface area (Å²) >= 11 is 0. The highest BCUT2D eigenvalue weighted by atomic mass is 16.4. The first-order valence-electron chi connectivity index (χ1n) is 7.12. The van der Waals surface area contributed by atoms with Crippen molar-refractivity contribution in [3.63, 3.8) is 0 Å². The van der Waals surface area contributed by atoms with Gasteiger partial charge >= 0.3 is 5.63 Å². The minimum absolute atomic E-state index is 0.0433. The lowest BCUT2D eigenvalue weighted by molar-refractivity contribution is 0.0316. The van der Waals surface area contributed by atoms with Crippen molar-refractivity contribution in [3.8, 4) is 5.75 Å². The molecule has 0 amide bonds. The molecule has 3 aromatic rings. The van der Waals surface area contributed by atoms with E-state index >= 15 is 0 Å². The number of hydrogen-bond acceptors (Lipinski definition) is 6. The van der Waals surface area contributed by atoms with E-state index in [1.54, 1.807) is 24.3 Å². The third-order valence-electron chi connectivity index (χ3n) is 4.22. The van der Waals surface area contributed by atoms with Crippen LogP contribution in [0.25, 0.3) is 11.0 Å². The predicted molar refractivity (Wildman–Crippen MR) is 83.1 cm³/mol. The van der Waals surface area contributed by atoms with E-state index in [2.05, 4.69) is 0 Å². The first-order valence-corrected chi connectivity index (χ1v) is 7.12. The van der Waals surface area contributed by atoms with Gasteiger partial charge in [-0.15, -0.1) is 0 Å². The Morgan fingerprint density at radius 1 is 0.833 bits per heavy atom. The topological polar surface area (TPSA) is 105 Å². The smallest absolute Gasteiger partial charge is 0.379 e. The lowest BCUT2D eigenvalue weighted by Gasteiger charge is -2.21. The molecule has 0 aliphatic heterocycles. The molecule has 0 unspecified atom stereocenters. The van der Waals surface area contributed by atoms with Crippen LogP contribution < -0.4 is 5.63 Å². The fourth-order valence-electron chi connectivity index (χ4n) is 3.11. The van der Waals surface area contributed by atoms with Crippen molar-refractivity contribution in [3.05, 3.63) is 75.6 Å². The summed E-state index contributed by atoms with van der Waals surface area (Å²) in [6, 6.07) is 12.0. The van der Waals surface area contributed by atoms with Gasteiger partial charge in [0.05, 0.1) is 5.56 Å². The quantitative estimate of drug-likeness (QED) is 0.522. The third kappa shape index (κ3) is 1.60. The number of ketones is 2. The fourth-order valence-corrected chi connectivity index (χ4v) is 3.11. The van der Waals surface area contributed by atoms with Crippen molar-refractivity contribution >= 4 is 22.5 Å². The van der Waals surface area contributed by atoms with Crippen molar-refractivity contribution in [1.82, 2.24) is 0 Å². The summed E-state index contributed by atoms with van der Waals surface area (Å²) in [5.74, 6) is -2.71. The molecule has 6 heteroatoms. The number of benzene rings is 2. The summed E-state index contributed by atoms with van der Waals surface area (Å²) in [7, 11) is 0. The number of rotatable bonds is 1. The van der Waals surface area contributed by atoms with Gasteiger partial charge in [-0.2, -0.15) is 0 Å². The summed E-state index contributed by atoms with van der Waals surface area (Å²) in [5.41, 5.74) is -4.10. The molecular weight excluding hydrogens is 312 g/mol. The molecule has 118 valence electrons. The lowest BCUT2D eigenvalue weighted by Crippen LogP contribution is -2.39. The molecule has 0 bridgehead atoms. The average Bonchev–Trinajstić information content (AvgIpc) is 2.79. The predicted octanol–water partition coefficient (Wildman–Crippen LogP) is 1.77. The molecule has 2 aromatic carbocycles. The van der Waals surface area contributed by atoms with Crippen molar-refractivity contribution < 1.29 is 24.2 Å². The molecular formula is C18H10O6. The zero-order valence-electron chi connectivity index (χ0n) is 12.1. The van der Waals surface area contributed by atoms with Crippen molar-refractivity contribution in [2.75, 3.05) is 0 Å². The number of Topliss-reactive ketones (excluding diaryl/α,β-unsaturated/α-hetero) is 2. The first kappa shape index (κ1) is 14.3. The van der Waals surface area contributed by atoms with Gasteiger partial charge in [-0.25, -0.2) is 4.79 Å². The van der Waals surface area contributed by atoms with Crippen LogP contribution in [0.3, 0.4) is 0 Å². The molecule has 0 fully saturated rings. The van der Waals surface area contributed by atoms with Gasteiger partial charge in [0.2, 0.25) is 22.9 Å². The second-order valence-corrected chi connectivity index (χ2v) is 5.52. The zero-order chi connectivity index (χ0) is 17.1. The Labute approximate surface area is 134 Å². The maximum atomic E-state index is 12.7. The van der Waals surface area contributed by atoms with E-state index in [9.17, 15) is 24.6 Å². The molecule has 1 aromatic heterocycles. The molecule has 0 radical (unpaired) electrons. The third-order valence-corrected chi connectivity index (χ3v) is 4.22. The number of carbonyl (C=O) groups excluding carboxylic acids is 2. The van der Waals surface area contributed by atoms with Crippen LogP contribution in [0, 0.1) is 0 Å². The standard InChI is InChI=1S/C18H10O6/c19-14-13(11-7-3-4-8-12(11)24-17(14)22)18(23)15(20)9-5-1-2-6-10(9)16(18)21/h1-8,19,23H. The molecule has 0 atom stereocenters. The van der Waals surface area contributed by atoms with Crippen LogP contribution in [0.2, 0.25) is 0 Å². The number of aliphatic hydroxyl groups is 1. The van der Waals surface area contributed by atoms with Gasteiger partial charge in [-0.1, -0.05) is 42.5 Å².